The van der Waals surface area contributed by atoms with Crippen LogP contribution in [0.15, 0.2) is 57.9 Å². The summed E-state index contributed by atoms with van der Waals surface area (Å²) in [4.78, 5) is 4.21. The first kappa shape index (κ1) is 13.3. The number of fused-ring (bicyclic) bond motifs is 1. The summed E-state index contributed by atoms with van der Waals surface area (Å²) >= 11 is 3.31. The number of anilines is 1. The van der Waals surface area contributed by atoms with Gasteiger partial charge in [-0.15, -0.1) is 0 Å². The highest BCUT2D eigenvalue weighted by Gasteiger charge is 2.25. The highest BCUT2D eigenvalue weighted by atomic mass is 79.9. The van der Waals surface area contributed by atoms with E-state index in [0.29, 0.717) is 10.6 Å². The molecule has 1 atom stereocenters. The maximum atomic E-state index is 13.1. The number of hydrogen-bond acceptors (Lipinski definition) is 4. The van der Waals surface area contributed by atoms with Crippen LogP contribution < -0.4 is 5.32 Å². The number of furan rings is 1. The third-order valence-electron chi connectivity index (χ3n) is 3.45. The molecule has 1 aliphatic heterocycles. The van der Waals surface area contributed by atoms with E-state index in [1.807, 2.05) is 18.2 Å². The number of hydrogen-bond donors (Lipinski definition) is 1. The Morgan fingerprint density at radius 1 is 1.18 bits per heavy atom. The fourth-order valence-corrected chi connectivity index (χ4v) is 2.74. The predicted molar refractivity (Wildman–Crippen MR) is 82.6 cm³/mol. The minimum Gasteiger partial charge on any atom is -0.452 e. The Kier molecular flexibility index (Phi) is 3.07. The van der Waals surface area contributed by atoms with E-state index in [0.717, 1.165) is 17.0 Å². The van der Waals surface area contributed by atoms with Crippen LogP contribution in [0.5, 0.6) is 0 Å². The van der Waals surface area contributed by atoms with Crippen molar-refractivity contribution in [1.82, 2.24) is 14.8 Å². The van der Waals surface area contributed by atoms with Gasteiger partial charge in [-0.25, -0.2) is 9.07 Å². The molecule has 5 nitrogen and oxygen atoms in total. The number of allylic oxidation sites excluding steroid dienone is 1. The van der Waals surface area contributed by atoms with Crippen LogP contribution in [-0.2, 0) is 0 Å². The minimum atomic E-state index is -0.269. The molecule has 0 saturated heterocycles. The van der Waals surface area contributed by atoms with Gasteiger partial charge in [0.1, 0.15) is 23.9 Å². The maximum absolute atomic E-state index is 13.1. The topological polar surface area (TPSA) is 55.9 Å². The first-order valence-corrected chi connectivity index (χ1v) is 7.39. The number of benzene rings is 1. The van der Waals surface area contributed by atoms with Crippen molar-refractivity contribution in [3.05, 3.63) is 70.6 Å². The summed E-state index contributed by atoms with van der Waals surface area (Å²) in [5.41, 5.74) is 1.70. The van der Waals surface area contributed by atoms with E-state index in [4.69, 9.17) is 4.42 Å². The van der Waals surface area contributed by atoms with Crippen molar-refractivity contribution < 1.29 is 8.81 Å². The van der Waals surface area contributed by atoms with E-state index in [9.17, 15) is 4.39 Å². The number of nitrogens with one attached hydrogen (secondary N) is 1. The number of halogens is 2. The molecule has 0 unspecified atom stereocenters. The molecule has 0 fully saturated rings. The van der Waals surface area contributed by atoms with Gasteiger partial charge in [-0.05, 0) is 64.0 Å². The molecule has 110 valence electrons. The fraction of sp³-hybridized carbons (Fsp3) is 0.0667. The lowest BCUT2D eigenvalue weighted by molar-refractivity contribution is 0.434. The third-order valence-corrected chi connectivity index (χ3v) is 3.87. The summed E-state index contributed by atoms with van der Waals surface area (Å²) in [5, 5.41) is 7.42. The molecule has 1 N–H and O–H groups in total. The Morgan fingerprint density at radius 3 is 2.73 bits per heavy atom. The van der Waals surface area contributed by atoms with Crippen LogP contribution in [0.25, 0.3) is 5.70 Å². The van der Waals surface area contributed by atoms with E-state index in [1.54, 1.807) is 16.8 Å². The van der Waals surface area contributed by atoms with Gasteiger partial charge in [0.05, 0.1) is 0 Å². The normalized spacial score (nSPS) is 16.8. The van der Waals surface area contributed by atoms with Gasteiger partial charge in [-0.2, -0.15) is 10.1 Å². The minimum absolute atomic E-state index is 0.217. The molecular weight excluding hydrogens is 351 g/mol. The van der Waals surface area contributed by atoms with Crippen LogP contribution in [0.1, 0.15) is 17.4 Å². The molecule has 0 saturated carbocycles. The Morgan fingerprint density at radius 2 is 2.00 bits per heavy atom. The summed E-state index contributed by atoms with van der Waals surface area (Å²) in [6, 6.07) is 9.78. The molecule has 3 heterocycles. The molecular formula is C15H10BrFN4O. The van der Waals surface area contributed by atoms with Crippen molar-refractivity contribution >= 4 is 27.6 Å². The highest BCUT2D eigenvalue weighted by molar-refractivity contribution is 9.10. The van der Waals surface area contributed by atoms with E-state index in [-0.39, 0.29) is 11.9 Å². The van der Waals surface area contributed by atoms with Crippen molar-refractivity contribution in [2.24, 2.45) is 0 Å². The summed E-state index contributed by atoms with van der Waals surface area (Å²) in [6.07, 6.45) is 3.45. The van der Waals surface area contributed by atoms with Gasteiger partial charge in [-0.1, -0.05) is 0 Å². The van der Waals surface area contributed by atoms with Crippen molar-refractivity contribution in [1.29, 1.82) is 0 Å². The lowest BCUT2D eigenvalue weighted by Crippen LogP contribution is -2.19. The smallest absolute Gasteiger partial charge is 0.226 e. The molecule has 22 heavy (non-hydrogen) atoms. The second kappa shape index (κ2) is 5.10. The molecule has 3 aromatic rings. The Bertz CT molecular complexity index is 853. The van der Waals surface area contributed by atoms with Crippen LogP contribution in [0.4, 0.5) is 10.3 Å². The lowest BCUT2D eigenvalue weighted by atomic mass is 10.1. The maximum Gasteiger partial charge on any atom is 0.226 e. The van der Waals surface area contributed by atoms with Gasteiger partial charge in [0.2, 0.25) is 5.95 Å². The average Bonchev–Trinajstić information content (AvgIpc) is 3.15. The number of nitrogens with zero attached hydrogens (tertiary/aromatic N) is 3. The van der Waals surface area contributed by atoms with Crippen LogP contribution in [0.3, 0.4) is 0 Å². The second-order valence-corrected chi connectivity index (χ2v) is 5.61. The van der Waals surface area contributed by atoms with Crippen LogP contribution >= 0.6 is 15.9 Å². The van der Waals surface area contributed by atoms with Crippen LogP contribution in [-0.4, -0.2) is 14.8 Å². The van der Waals surface area contributed by atoms with Crippen molar-refractivity contribution in [2.75, 3.05) is 5.32 Å². The largest absolute Gasteiger partial charge is 0.452 e. The standard InChI is InChI=1S/C15H10BrFN4O/c16-14-6-5-13(22-14)12-7-11(9-1-3-10(17)4-2-9)20-15-18-8-19-21(12)15/h1-8,12H,(H,18,19,20)/t12-/m1/s1. The number of aromatic nitrogens is 3. The first-order valence-electron chi connectivity index (χ1n) is 6.60. The highest BCUT2D eigenvalue weighted by Crippen LogP contribution is 2.33. The van der Waals surface area contributed by atoms with E-state index in [1.165, 1.54) is 18.5 Å². The molecule has 0 spiro atoms. The molecule has 2 aromatic heterocycles. The van der Waals surface area contributed by atoms with Gasteiger partial charge in [0.15, 0.2) is 4.67 Å². The molecule has 0 aliphatic carbocycles. The summed E-state index contributed by atoms with van der Waals surface area (Å²) < 4.78 is 21.1. The van der Waals surface area contributed by atoms with E-state index < -0.39 is 0 Å². The predicted octanol–water partition coefficient (Wildman–Crippen LogP) is 3.83. The van der Waals surface area contributed by atoms with Gasteiger partial charge in [-0.3, -0.25) is 0 Å². The Balaban J connectivity index is 1.80. The van der Waals surface area contributed by atoms with Crippen molar-refractivity contribution in [2.45, 2.75) is 6.04 Å². The first-order chi connectivity index (χ1) is 10.7. The van der Waals surface area contributed by atoms with Gasteiger partial charge in [0, 0.05) is 5.70 Å². The summed E-state index contributed by atoms with van der Waals surface area (Å²) in [5.74, 6) is 1.08. The van der Waals surface area contributed by atoms with Gasteiger partial charge < -0.3 is 9.73 Å². The zero-order valence-corrected chi connectivity index (χ0v) is 12.8. The molecule has 0 amide bonds. The molecule has 1 aliphatic rings. The number of rotatable bonds is 2. The van der Waals surface area contributed by atoms with Crippen molar-refractivity contribution in [3.63, 3.8) is 0 Å². The summed E-state index contributed by atoms with van der Waals surface area (Å²) in [7, 11) is 0. The molecule has 1 aromatic carbocycles. The molecule has 4 rings (SSSR count). The van der Waals surface area contributed by atoms with E-state index >= 15 is 0 Å². The SMILES string of the molecule is Fc1ccc(C2=C[C@H](c3ccc(Br)o3)n3ncnc3N2)cc1. The third kappa shape index (κ3) is 2.23. The van der Waals surface area contributed by atoms with Gasteiger partial charge in [0.25, 0.3) is 0 Å². The molecule has 0 bridgehead atoms. The van der Waals surface area contributed by atoms with Crippen LogP contribution in [0.2, 0.25) is 0 Å². The monoisotopic (exact) mass is 360 g/mol. The lowest BCUT2D eigenvalue weighted by Gasteiger charge is -2.22. The Labute approximate surface area is 133 Å². The zero-order valence-electron chi connectivity index (χ0n) is 11.2. The molecule has 7 heteroatoms. The second-order valence-electron chi connectivity index (χ2n) is 4.83. The fourth-order valence-electron chi connectivity index (χ4n) is 2.42. The van der Waals surface area contributed by atoms with Gasteiger partial charge >= 0.3 is 0 Å². The average molecular weight is 361 g/mol. The Hall–Kier alpha value is -2.41. The quantitative estimate of drug-likeness (QED) is 0.754. The van der Waals surface area contributed by atoms with Crippen molar-refractivity contribution in [3.8, 4) is 0 Å². The zero-order chi connectivity index (χ0) is 15.1. The molecule has 0 radical (unpaired) electrons. The van der Waals surface area contributed by atoms with Crippen LogP contribution in [0, 0.1) is 5.82 Å². The van der Waals surface area contributed by atoms with E-state index in [2.05, 4.69) is 31.3 Å². The summed E-state index contributed by atoms with van der Waals surface area (Å²) in [6.45, 7) is 0.